The van der Waals surface area contributed by atoms with E-state index in [2.05, 4.69) is 68.1 Å². The van der Waals surface area contributed by atoms with Crippen LogP contribution in [0.3, 0.4) is 0 Å². The predicted molar refractivity (Wildman–Crippen MR) is 91.3 cm³/mol. The number of fused-ring (bicyclic) bond motifs is 1. The van der Waals surface area contributed by atoms with Gasteiger partial charge in [0.05, 0.1) is 26.8 Å². The first-order valence-corrected chi connectivity index (χ1v) is 8.14. The second-order valence-corrected chi connectivity index (χ2v) is 6.99. The Bertz CT molecular complexity index is 618. The molecule has 0 amide bonds. The molecule has 1 saturated heterocycles. The minimum atomic E-state index is 0.728. The van der Waals surface area contributed by atoms with E-state index >= 15 is 0 Å². The zero-order valence-corrected chi connectivity index (χ0v) is 13.8. The zero-order valence-electron chi connectivity index (χ0n) is 13.8. The lowest BCUT2D eigenvalue weighted by molar-refractivity contribution is 0.228. The SMILES string of the molecule is CC[N+](C)(C)n1ccc2ccc(C3CCN(C)CC3)cc21. The van der Waals surface area contributed by atoms with Gasteiger partial charge in [-0.3, -0.25) is 0 Å². The van der Waals surface area contributed by atoms with Gasteiger partial charge in [-0.1, -0.05) is 12.1 Å². The number of likely N-dealkylation sites (tertiary alicyclic amines) is 1. The summed E-state index contributed by atoms with van der Waals surface area (Å²) in [6, 6.07) is 9.31. The van der Waals surface area contributed by atoms with Gasteiger partial charge < -0.3 is 4.90 Å². The molecule has 3 rings (SSSR count). The molecule has 0 N–H and O–H groups in total. The van der Waals surface area contributed by atoms with Crippen molar-refractivity contribution < 1.29 is 0 Å². The van der Waals surface area contributed by atoms with Crippen LogP contribution in [0.25, 0.3) is 10.9 Å². The number of rotatable bonds is 3. The Hall–Kier alpha value is -1.32. The second kappa shape index (κ2) is 5.47. The normalized spacial score (nSPS) is 18.5. The van der Waals surface area contributed by atoms with Gasteiger partial charge in [0.2, 0.25) is 0 Å². The lowest BCUT2D eigenvalue weighted by atomic mass is 9.89. The Morgan fingerprint density at radius 2 is 1.86 bits per heavy atom. The highest BCUT2D eigenvalue weighted by Gasteiger charge is 2.21. The first kappa shape index (κ1) is 14.6. The average molecular weight is 286 g/mol. The van der Waals surface area contributed by atoms with Crippen LogP contribution in [0.15, 0.2) is 30.5 Å². The third-order valence-electron chi connectivity index (χ3n) is 5.24. The molecule has 114 valence electrons. The van der Waals surface area contributed by atoms with Gasteiger partial charge in [-0.25, -0.2) is 4.59 Å². The van der Waals surface area contributed by atoms with E-state index in [1.165, 1.54) is 42.4 Å². The van der Waals surface area contributed by atoms with E-state index in [4.69, 9.17) is 0 Å². The molecule has 0 radical (unpaired) electrons. The summed E-state index contributed by atoms with van der Waals surface area (Å²) in [6.07, 6.45) is 4.80. The van der Waals surface area contributed by atoms with Crippen LogP contribution in [0.5, 0.6) is 0 Å². The topological polar surface area (TPSA) is 8.17 Å². The van der Waals surface area contributed by atoms with Gasteiger partial charge in [-0.05, 0) is 63.5 Å². The third kappa shape index (κ3) is 2.72. The molecule has 2 aromatic rings. The molecule has 0 spiro atoms. The zero-order chi connectivity index (χ0) is 15.0. The Balaban J connectivity index is 1.97. The molecule has 0 aliphatic carbocycles. The molecular formula is C18H28N3+. The van der Waals surface area contributed by atoms with Crippen LogP contribution in [-0.4, -0.2) is 50.4 Å². The maximum absolute atomic E-state index is 2.44. The van der Waals surface area contributed by atoms with Crippen molar-refractivity contribution >= 4 is 10.9 Å². The highest BCUT2D eigenvalue weighted by atomic mass is 15.7. The Morgan fingerprint density at radius 3 is 2.52 bits per heavy atom. The molecule has 1 fully saturated rings. The first-order valence-electron chi connectivity index (χ1n) is 8.14. The summed E-state index contributed by atoms with van der Waals surface area (Å²) in [6.45, 7) is 5.77. The summed E-state index contributed by atoms with van der Waals surface area (Å²) in [5.74, 6) is 0.728. The summed E-state index contributed by atoms with van der Waals surface area (Å²) in [5, 5.41) is 1.35. The van der Waals surface area contributed by atoms with E-state index in [0.717, 1.165) is 17.1 Å². The molecule has 1 aromatic carbocycles. The largest absolute Gasteiger partial charge is 0.306 e. The van der Waals surface area contributed by atoms with Crippen molar-refractivity contribution in [1.29, 1.82) is 0 Å². The lowest BCUT2D eigenvalue weighted by Gasteiger charge is -2.31. The summed E-state index contributed by atoms with van der Waals surface area (Å²) in [5.41, 5.74) is 2.89. The summed E-state index contributed by atoms with van der Waals surface area (Å²) >= 11 is 0. The fourth-order valence-corrected chi connectivity index (χ4v) is 3.35. The highest BCUT2D eigenvalue weighted by molar-refractivity contribution is 5.81. The fraction of sp³-hybridized carbons (Fsp3) is 0.556. The molecule has 0 atom stereocenters. The van der Waals surface area contributed by atoms with Gasteiger partial charge >= 0.3 is 0 Å². The molecule has 1 aliphatic heterocycles. The summed E-state index contributed by atoms with van der Waals surface area (Å²) in [4.78, 5) is 2.44. The van der Waals surface area contributed by atoms with Gasteiger partial charge in [0.1, 0.15) is 5.52 Å². The van der Waals surface area contributed by atoms with Crippen LogP contribution in [0.2, 0.25) is 0 Å². The molecule has 3 nitrogen and oxygen atoms in total. The van der Waals surface area contributed by atoms with Crippen LogP contribution in [-0.2, 0) is 0 Å². The van der Waals surface area contributed by atoms with E-state index < -0.39 is 0 Å². The van der Waals surface area contributed by atoms with E-state index in [1.54, 1.807) is 0 Å². The average Bonchev–Trinajstić information content (AvgIpc) is 2.91. The van der Waals surface area contributed by atoms with Gasteiger partial charge in [0.15, 0.2) is 0 Å². The monoisotopic (exact) mass is 286 g/mol. The van der Waals surface area contributed by atoms with Gasteiger partial charge in [-0.15, -0.1) is 0 Å². The van der Waals surface area contributed by atoms with E-state index in [9.17, 15) is 0 Å². The molecule has 1 aromatic heterocycles. The Kier molecular flexibility index (Phi) is 3.80. The number of aromatic nitrogens is 1. The summed E-state index contributed by atoms with van der Waals surface area (Å²) < 4.78 is 3.27. The smallest absolute Gasteiger partial charge is 0.101 e. The first-order chi connectivity index (χ1) is 10.0. The van der Waals surface area contributed by atoms with Crippen molar-refractivity contribution in [2.24, 2.45) is 0 Å². The Labute approximate surface area is 128 Å². The molecule has 0 unspecified atom stereocenters. The standard InChI is InChI=1S/C18H28N3/c1-5-21(3,4)20-13-10-16-6-7-17(14-18(16)20)15-8-11-19(2)12-9-15/h6-7,10,13-15H,5,8-9,11-12H2,1-4H3/q+1. The number of hydrogen-bond donors (Lipinski definition) is 0. The highest BCUT2D eigenvalue weighted by Crippen LogP contribution is 2.30. The van der Waals surface area contributed by atoms with Gasteiger partial charge in [0, 0.05) is 5.39 Å². The maximum atomic E-state index is 2.44. The maximum Gasteiger partial charge on any atom is 0.101 e. The second-order valence-electron chi connectivity index (χ2n) is 6.99. The van der Waals surface area contributed by atoms with Crippen LogP contribution < -0.4 is 4.59 Å². The Morgan fingerprint density at radius 1 is 1.14 bits per heavy atom. The van der Waals surface area contributed by atoms with Crippen molar-refractivity contribution in [3.05, 3.63) is 36.0 Å². The lowest BCUT2D eigenvalue weighted by Crippen LogP contribution is -2.49. The molecule has 1 aliphatic rings. The van der Waals surface area contributed by atoms with Gasteiger partial charge in [0.25, 0.3) is 0 Å². The van der Waals surface area contributed by atoms with E-state index in [-0.39, 0.29) is 0 Å². The molecule has 3 heteroatoms. The van der Waals surface area contributed by atoms with Crippen molar-refractivity contribution in [2.45, 2.75) is 25.7 Å². The molecule has 21 heavy (non-hydrogen) atoms. The molecular weight excluding hydrogens is 258 g/mol. The number of quaternary nitrogens is 1. The number of hydrogen-bond acceptors (Lipinski definition) is 1. The fourth-order valence-electron chi connectivity index (χ4n) is 3.35. The van der Waals surface area contributed by atoms with Crippen LogP contribution in [0.1, 0.15) is 31.2 Å². The molecule has 0 bridgehead atoms. The van der Waals surface area contributed by atoms with E-state index in [0.29, 0.717) is 0 Å². The minimum absolute atomic E-state index is 0.728. The minimum Gasteiger partial charge on any atom is -0.306 e. The quantitative estimate of drug-likeness (QED) is 0.787. The van der Waals surface area contributed by atoms with Crippen LogP contribution in [0, 0.1) is 0 Å². The third-order valence-corrected chi connectivity index (χ3v) is 5.24. The van der Waals surface area contributed by atoms with Crippen molar-refractivity contribution in [2.75, 3.05) is 40.8 Å². The van der Waals surface area contributed by atoms with Crippen molar-refractivity contribution in [3.63, 3.8) is 0 Å². The van der Waals surface area contributed by atoms with Crippen molar-refractivity contribution in [1.82, 2.24) is 14.2 Å². The number of nitrogens with zero attached hydrogens (tertiary/aromatic N) is 3. The van der Waals surface area contributed by atoms with Crippen molar-refractivity contribution in [3.8, 4) is 0 Å². The van der Waals surface area contributed by atoms with E-state index in [1.807, 2.05) is 0 Å². The molecule has 2 heterocycles. The predicted octanol–water partition coefficient (Wildman–Crippen LogP) is 3.17. The molecule has 0 saturated carbocycles. The number of piperidine rings is 1. The van der Waals surface area contributed by atoms with Crippen LogP contribution in [0.4, 0.5) is 0 Å². The van der Waals surface area contributed by atoms with Gasteiger partial charge in [-0.2, -0.15) is 4.68 Å². The summed E-state index contributed by atoms with van der Waals surface area (Å²) in [7, 11) is 6.76. The van der Waals surface area contributed by atoms with Crippen LogP contribution >= 0.6 is 0 Å². The number of benzene rings is 1.